The third-order valence-electron chi connectivity index (χ3n) is 12.6. The van der Waals surface area contributed by atoms with Gasteiger partial charge in [0.2, 0.25) is 0 Å². The Morgan fingerprint density at radius 1 is 0.508 bits per heavy atom. The highest BCUT2D eigenvalue weighted by molar-refractivity contribution is 6.10. The number of hydrogen-bond donors (Lipinski definition) is 0. The van der Waals surface area contributed by atoms with Crippen molar-refractivity contribution >= 4 is 44.6 Å². The van der Waals surface area contributed by atoms with Crippen molar-refractivity contribution < 1.29 is 11.6 Å². The van der Waals surface area contributed by atoms with Crippen molar-refractivity contribution in [2.45, 2.75) is 78.6 Å². The minimum absolute atomic E-state index is 0.0730. The van der Waals surface area contributed by atoms with Gasteiger partial charge in [0.05, 0.1) is 29.3 Å². The summed E-state index contributed by atoms with van der Waals surface area (Å²) < 4.78 is 52.9. The topological polar surface area (TPSA) is 33.5 Å². The average Bonchev–Trinajstić information content (AvgIpc) is 3.88. The zero-order chi connectivity index (χ0) is 49.6. The standard InChI is InChI=1S/C60H58N4O/c1-58(2,3)43-30-31-61-56(36-43)64-53-29-26-42(40-18-12-10-13-19-40)32-52(53)51-28-27-49(38-55(51)64)65-48-23-16-22-46(37-48)62-39-63(47-34-44(59(4,5)6)33-45(35-47)60(7,8)9)57-50(24-17-25-54(57)62)41-20-14-11-15-21-41/h10-38H,39H2,1-9H3/i11D,14D,15D,20D,21D. The number of nitrogens with zero attached hydrogens (tertiary/aromatic N) is 4. The van der Waals surface area contributed by atoms with Crippen molar-refractivity contribution in [2.75, 3.05) is 16.5 Å². The first kappa shape index (κ1) is 36.3. The lowest BCUT2D eigenvalue weighted by Gasteiger charge is -2.30. The predicted molar refractivity (Wildman–Crippen MR) is 274 cm³/mol. The molecule has 0 atom stereocenters. The highest BCUT2D eigenvalue weighted by Crippen LogP contribution is 2.51. The summed E-state index contributed by atoms with van der Waals surface area (Å²) in [5, 5.41) is 2.21. The van der Waals surface area contributed by atoms with Crippen molar-refractivity contribution in [3.63, 3.8) is 0 Å². The van der Waals surface area contributed by atoms with Gasteiger partial charge in [0.15, 0.2) is 0 Å². The van der Waals surface area contributed by atoms with Crippen LogP contribution in [0.3, 0.4) is 0 Å². The molecule has 0 N–H and O–H groups in total. The maximum absolute atomic E-state index is 9.08. The van der Waals surface area contributed by atoms with E-state index in [-0.39, 0.29) is 46.0 Å². The smallest absolute Gasteiger partial charge is 0.137 e. The van der Waals surface area contributed by atoms with Gasteiger partial charge in [0.1, 0.15) is 24.0 Å². The Kier molecular flexibility index (Phi) is 8.84. The van der Waals surface area contributed by atoms with E-state index in [2.05, 4.69) is 168 Å². The minimum atomic E-state index is -0.418. The van der Waals surface area contributed by atoms with Crippen molar-refractivity contribution in [1.82, 2.24) is 9.55 Å². The van der Waals surface area contributed by atoms with Crippen LogP contribution < -0.4 is 14.5 Å². The molecule has 0 aliphatic carbocycles. The van der Waals surface area contributed by atoms with E-state index in [4.69, 9.17) is 16.6 Å². The van der Waals surface area contributed by atoms with E-state index in [9.17, 15) is 0 Å². The molecule has 9 aromatic rings. The third kappa shape index (κ3) is 7.94. The Morgan fingerprint density at radius 3 is 1.94 bits per heavy atom. The van der Waals surface area contributed by atoms with Crippen molar-refractivity contribution in [1.29, 1.82) is 0 Å². The van der Waals surface area contributed by atoms with E-state index in [0.717, 1.165) is 61.5 Å². The first-order chi connectivity index (χ1) is 33.2. The second-order valence-corrected chi connectivity index (χ2v) is 20.3. The Morgan fingerprint density at radius 2 is 1.22 bits per heavy atom. The Hall–Kier alpha value is -7.11. The maximum atomic E-state index is 9.08. The molecule has 0 saturated heterocycles. The molecule has 0 fully saturated rings. The summed E-state index contributed by atoms with van der Waals surface area (Å²) in [6.45, 7) is 20.3. The molecule has 7 aromatic carbocycles. The number of benzene rings is 7. The van der Waals surface area contributed by atoms with Gasteiger partial charge in [-0.3, -0.25) is 4.57 Å². The molecule has 1 aliphatic heterocycles. The second-order valence-electron chi connectivity index (χ2n) is 20.3. The van der Waals surface area contributed by atoms with Crippen molar-refractivity contribution in [3.05, 3.63) is 193 Å². The maximum Gasteiger partial charge on any atom is 0.137 e. The van der Waals surface area contributed by atoms with Crippen LogP contribution in [0.5, 0.6) is 11.5 Å². The highest BCUT2D eigenvalue weighted by atomic mass is 16.5. The number of anilines is 4. The molecule has 0 amide bonds. The summed E-state index contributed by atoms with van der Waals surface area (Å²) >= 11 is 0. The zero-order valence-corrected chi connectivity index (χ0v) is 38.8. The highest BCUT2D eigenvalue weighted by Gasteiger charge is 2.33. The molecule has 0 radical (unpaired) electrons. The average molecular weight is 856 g/mol. The Balaban J connectivity index is 1.10. The molecule has 10 rings (SSSR count). The fourth-order valence-corrected chi connectivity index (χ4v) is 8.95. The molecule has 0 bridgehead atoms. The van der Waals surface area contributed by atoms with Gasteiger partial charge in [0.25, 0.3) is 0 Å². The molecule has 0 unspecified atom stereocenters. The summed E-state index contributed by atoms with van der Waals surface area (Å²) in [6, 6.07) is 46.6. The predicted octanol–water partition coefficient (Wildman–Crippen LogP) is 16.4. The number of pyridine rings is 1. The van der Waals surface area contributed by atoms with Gasteiger partial charge in [-0.2, -0.15) is 0 Å². The largest absolute Gasteiger partial charge is 0.457 e. The number of ether oxygens (including phenoxy) is 1. The van der Waals surface area contributed by atoms with E-state index in [1.54, 1.807) is 0 Å². The van der Waals surface area contributed by atoms with E-state index in [0.29, 0.717) is 23.7 Å². The number of para-hydroxylation sites is 1. The summed E-state index contributed by atoms with van der Waals surface area (Å²) in [5.41, 5.74) is 11.6. The van der Waals surface area contributed by atoms with Crippen molar-refractivity contribution in [2.24, 2.45) is 0 Å². The molecular weight excluding hydrogens is 793 g/mol. The van der Waals surface area contributed by atoms with Gasteiger partial charge in [-0.1, -0.05) is 153 Å². The molecule has 5 nitrogen and oxygen atoms in total. The number of fused-ring (bicyclic) bond motifs is 4. The van der Waals surface area contributed by atoms with Crippen LogP contribution in [0.15, 0.2) is 176 Å². The lowest BCUT2D eigenvalue weighted by Crippen LogP contribution is -2.25. The SMILES string of the molecule is [2H]c1c([2H])c([2H])c(-c2cccc3c2N(c2cc(C(C)(C)C)cc(C(C)(C)C)c2)CN3c2cccc(Oc3ccc4c5cc(-c6ccccc6)ccc5n(-c5cc(C(C)(C)C)ccn5)c4c3)c2)c([2H])c1[2H]. The molecule has 1 aliphatic rings. The van der Waals surface area contributed by atoms with E-state index < -0.39 is 6.04 Å². The van der Waals surface area contributed by atoms with E-state index >= 15 is 0 Å². The van der Waals surface area contributed by atoms with Gasteiger partial charge in [-0.15, -0.1) is 0 Å². The van der Waals surface area contributed by atoms with Crippen LogP contribution in [-0.4, -0.2) is 16.2 Å². The first-order valence-electron chi connectivity index (χ1n) is 25.0. The summed E-state index contributed by atoms with van der Waals surface area (Å²) in [7, 11) is 0. The summed E-state index contributed by atoms with van der Waals surface area (Å²) in [5.74, 6) is 2.15. The normalized spacial score (nSPS) is 14.3. The van der Waals surface area contributed by atoms with Crippen LogP contribution in [0, 0.1) is 0 Å². The Bertz CT molecular complexity index is 3460. The second kappa shape index (κ2) is 15.8. The third-order valence-corrected chi connectivity index (χ3v) is 12.6. The zero-order valence-electron chi connectivity index (χ0n) is 43.8. The first-order valence-corrected chi connectivity index (χ1v) is 22.5. The lowest BCUT2D eigenvalue weighted by atomic mass is 9.80. The fraction of sp³-hybridized carbons (Fsp3) is 0.217. The van der Waals surface area contributed by atoms with Gasteiger partial charge in [0, 0.05) is 46.0 Å². The number of rotatable bonds is 7. The molecule has 3 heterocycles. The summed E-state index contributed by atoms with van der Waals surface area (Å²) in [6.07, 6.45) is 1.90. The molecule has 0 saturated carbocycles. The van der Waals surface area contributed by atoms with Gasteiger partial charge in [-0.05, 0) is 116 Å². The van der Waals surface area contributed by atoms with Crippen molar-refractivity contribution in [3.8, 4) is 39.6 Å². The lowest BCUT2D eigenvalue weighted by molar-refractivity contribution is 0.483. The molecule has 65 heavy (non-hydrogen) atoms. The van der Waals surface area contributed by atoms with Crippen LogP contribution in [0.25, 0.3) is 49.9 Å². The van der Waals surface area contributed by atoms with Gasteiger partial charge in [-0.25, -0.2) is 4.98 Å². The molecule has 2 aromatic heterocycles. The van der Waals surface area contributed by atoms with Gasteiger partial charge < -0.3 is 14.5 Å². The van der Waals surface area contributed by atoms with Crippen LogP contribution in [0.4, 0.5) is 22.7 Å². The minimum Gasteiger partial charge on any atom is -0.457 e. The van der Waals surface area contributed by atoms with Crippen LogP contribution >= 0.6 is 0 Å². The Labute approximate surface area is 391 Å². The van der Waals surface area contributed by atoms with Crippen LogP contribution in [-0.2, 0) is 16.2 Å². The molecule has 0 spiro atoms. The molecular formula is C60H58N4O. The van der Waals surface area contributed by atoms with Gasteiger partial charge >= 0.3 is 0 Å². The monoisotopic (exact) mass is 855 g/mol. The molecule has 324 valence electrons. The number of hydrogen-bond acceptors (Lipinski definition) is 4. The summed E-state index contributed by atoms with van der Waals surface area (Å²) in [4.78, 5) is 9.37. The quantitative estimate of drug-likeness (QED) is 0.160. The number of aromatic nitrogens is 2. The van der Waals surface area contributed by atoms with E-state index in [1.807, 2.05) is 54.7 Å². The van der Waals surface area contributed by atoms with Crippen LogP contribution in [0.2, 0.25) is 0 Å². The fourth-order valence-electron chi connectivity index (χ4n) is 8.95. The van der Waals surface area contributed by atoms with Crippen LogP contribution in [0.1, 0.15) is 85.9 Å². The molecule has 5 heteroatoms. The van der Waals surface area contributed by atoms with E-state index in [1.165, 1.54) is 16.7 Å².